The molecule has 3 aromatic rings. The Hall–Kier alpha value is -3.69. The van der Waals surface area contributed by atoms with Crippen molar-refractivity contribution < 1.29 is 18.0 Å². The molecule has 3 rings (SSSR count). The maximum Gasteiger partial charge on any atom is 0.323 e. The van der Waals surface area contributed by atoms with Crippen LogP contribution < -0.4 is 20.7 Å². The first-order chi connectivity index (χ1) is 15.2. The van der Waals surface area contributed by atoms with Crippen LogP contribution in [0.25, 0.3) is 0 Å². The Morgan fingerprint density at radius 2 is 1.22 bits per heavy atom. The van der Waals surface area contributed by atoms with E-state index in [9.17, 15) is 18.0 Å². The van der Waals surface area contributed by atoms with E-state index in [2.05, 4.69) is 20.7 Å². The van der Waals surface area contributed by atoms with Gasteiger partial charge in [0.2, 0.25) is 15.9 Å². The molecule has 4 N–H and O–H groups in total. The van der Waals surface area contributed by atoms with Gasteiger partial charge in [-0.2, -0.15) is 4.72 Å². The zero-order chi connectivity index (χ0) is 23.1. The van der Waals surface area contributed by atoms with Crippen LogP contribution in [0, 0.1) is 6.92 Å². The highest BCUT2D eigenvalue weighted by Gasteiger charge is 2.22. The molecule has 0 saturated carbocycles. The molecule has 3 aromatic carbocycles. The van der Waals surface area contributed by atoms with Crippen molar-refractivity contribution in [3.05, 3.63) is 84.4 Å². The third-order valence-corrected chi connectivity index (χ3v) is 6.06. The Kier molecular flexibility index (Phi) is 7.24. The van der Waals surface area contributed by atoms with E-state index < -0.39 is 28.0 Å². The summed E-state index contributed by atoms with van der Waals surface area (Å²) in [6.45, 7) is 3.32. The third kappa shape index (κ3) is 6.40. The zero-order valence-electron chi connectivity index (χ0n) is 17.6. The SMILES string of the molecule is Cc1ccc(S(=O)(=O)N[C@@H](C)C(=O)Nc2ccc(NC(=O)Nc3ccccc3)cc2)cc1. The van der Waals surface area contributed by atoms with Gasteiger partial charge in [0.05, 0.1) is 10.9 Å². The van der Waals surface area contributed by atoms with Crippen molar-refractivity contribution in [2.45, 2.75) is 24.8 Å². The molecule has 0 aliphatic carbocycles. The molecule has 0 aromatic heterocycles. The van der Waals surface area contributed by atoms with Gasteiger partial charge in [-0.25, -0.2) is 13.2 Å². The summed E-state index contributed by atoms with van der Waals surface area (Å²) in [6, 6.07) is 20.5. The molecule has 166 valence electrons. The van der Waals surface area contributed by atoms with Crippen molar-refractivity contribution in [1.29, 1.82) is 0 Å². The van der Waals surface area contributed by atoms with Crippen molar-refractivity contribution in [3.8, 4) is 0 Å². The summed E-state index contributed by atoms with van der Waals surface area (Å²) in [7, 11) is -3.82. The van der Waals surface area contributed by atoms with Crippen LogP contribution in [0.2, 0.25) is 0 Å². The number of rotatable bonds is 7. The largest absolute Gasteiger partial charge is 0.325 e. The maximum atomic E-state index is 12.5. The van der Waals surface area contributed by atoms with E-state index in [1.807, 2.05) is 25.1 Å². The number of carbonyl (C=O) groups is 2. The molecular weight excluding hydrogens is 428 g/mol. The molecule has 0 aliphatic heterocycles. The van der Waals surface area contributed by atoms with E-state index in [0.29, 0.717) is 17.1 Å². The van der Waals surface area contributed by atoms with Crippen LogP contribution in [0.4, 0.5) is 21.9 Å². The fraction of sp³-hybridized carbons (Fsp3) is 0.130. The van der Waals surface area contributed by atoms with Gasteiger partial charge in [0, 0.05) is 17.1 Å². The van der Waals surface area contributed by atoms with E-state index in [1.165, 1.54) is 19.1 Å². The number of anilines is 3. The number of hydrogen-bond acceptors (Lipinski definition) is 4. The first kappa shape index (κ1) is 23.0. The molecule has 8 nitrogen and oxygen atoms in total. The molecule has 32 heavy (non-hydrogen) atoms. The second-order valence-electron chi connectivity index (χ2n) is 7.17. The highest BCUT2D eigenvalue weighted by atomic mass is 32.2. The minimum atomic E-state index is -3.82. The molecule has 0 heterocycles. The second-order valence-corrected chi connectivity index (χ2v) is 8.88. The van der Waals surface area contributed by atoms with Gasteiger partial charge in [-0.1, -0.05) is 35.9 Å². The number of sulfonamides is 1. The molecule has 0 fully saturated rings. The van der Waals surface area contributed by atoms with Crippen LogP contribution in [-0.4, -0.2) is 26.4 Å². The average molecular weight is 453 g/mol. The Bertz CT molecular complexity index is 1180. The first-order valence-electron chi connectivity index (χ1n) is 9.86. The van der Waals surface area contributed by atoms with Gasteiger partial charge >= 0.3 is 6.03 Å². The highest BCUT2D eigenvalue weighted by molar-refractivity contribution is 7.89. The van der Waals surface area contributed by atoms with E-state index in [4.69, 9.17) is 0 Å². The normalized spacial score (nSPS) is 11.9. The molecule has 9 heteroatoms. The van der Waals surface area contributed by atoms with Gasteiger partial charge in [0.1, 0.15) is 0 Å². The van der Waals surface area contributed by atoms with Gasteiger partial charge in [-0.15, -0.1) is 0 Å². The van der Waals surface area contributed by atoms with Crippen molar-refractivity contribution >= 4 is 39.0 Å². The van der Waals surface area contributed by atoms with Crippen molar-refractivity contribution in [1.82, 2.24) is 4.72 Å². The summed E-state index contributed by atoms with van der Waals surface area (Å²) in [5, 5.41) is 8.05. The maximum absolute atomic E-state index is 12.5. The summed E-state index contributed by atoms with van der Waals surface area (Å²) in [5.41, 5.74) is 2.59. The predicted octanol–water partition coefficient (Wildman–Crippen LogP) is 3.94. The molecule has 0 saturated heterocycles. The summed E-state index contributed by atoms with van der Waals surface area (Å²) in [6.07, 6.45) is 0. The highest BCUT2D eigenvalue weighted by Crippen LogP contribution is 2.15. The summed E-state index contributed by atoms with van der Waals surface area (Å²) in [5.74, 6) is -0.511. The molecule has 0 aliphatic rings. The fourth-order valence-electron chi connectivity index (χ4n) is 2.77. The van der Waals surface area contributed by atoms with Crippen molar-refractivity contribution in [3.63, 3.8) is 0 Å². The number of carbonyl (C=O) groups excluding carboxylic acids is 2. The Morgan fingerprint density at radius 3 is 1.78 bits per heavy atom. The topological polar surface area (TPSA) is 116 Å². The van der Waals surface area contributed by atoms with Crippen LogP contribution >= 0.6 is 0 Å². The molecule has 0 spiro atoms. The lowest BCUT2D eigenvalue weighted by Gasteiger charge is -2.15. The van der Waals surface area contributed by atoms with E-state index in [-0.39, 0.29) is 4.90 Å². The smallest absolute Gasteiger partial charge is 0.323 e. The Morgan fingerprint density at radius 1 is 0.719 bits per heavy atom. The molecule has 1 atom stereocenters. The number of para-hydroxylation sites is 1. The van der Waals surface area contributed by atoms with Crippen molar-refractivity contribution in [2.24, 2.45) is 0 Å². The molecule has 3 amide bonds. The van der Waals surface area contributed by atoms with E-state index in [0.717, 1.165) is 5.56 Å². The molecule has 0 radical (unpaired) electrons. The van der Waals surface area contributed by atoms with Gasteiger partial charge in [-0.05, 0) is 62.4 Å². The number of benzene rings is 3. The molecular formula is C23H24N4O4S. The molecule has 0 bridgehead atoms. The van der Waals surface area contributed by atoms with E-state index in [1.54, 1.807) is 48.5 Å². The van der Waals surface area contributed by atoms with Gasteiger partial charge in [0.15, 0.2) is 0 Å². The van der Waals surface area contributed by atoms with Crippen LogP contribution in [0.3, 0.4) is 0 Å². The van der Waals surface area contributed by atoms with Crippen LogP contribution in [0.15, 0.2) is 83.8 Å². The van der Waals surface area contributed by atoms with Gasteiger partial charge < -0.3 is 16.0 Å². The fourth-order valence-corrected chi connectivity index (χ4v) is 3.98. The number of aryl methyl sites for hydroxylation is 1. The predicted molar refractivity (Wildman–Crippen MR) is 125 cm³/mol. The zero-order valence-corrected chi connectivity index (χ0v) is 18.4. The summed E-state index contributed by atoms with van der Waals surface area (Å²) >= 11 is 0. The van der Waals surface area contributed by atoms with Crippen LogP contribution in [-0.2, 0) is 14.8 Å². The van der Waals surface area contributed by atoms with E-state index >= 15 is 0 Å². The quantitative estimate of drug-likeness (QED) is 0.434. The van der Waals surface area contributed by atoms with Crippen LogP contribution in [0.1, 0.15) is 12.5 Å². The lowest BCUT2D eigenvalue weighted by molar-refractivity contribution is -0.117. The second kappa shape index (κ2) is 10.1. The van der Waals surface area contributed by atoms with Gasteiger partial charge in [-0.3, -0.25) is 4.79 Å². The van der Waals surface area contributed by atoms with Gasteiger partial charge in [0.25, 0.3) is 0 Å². The Balaban J connectivity index is 1.54. The minimum Gasteiger partial charge on any atom is -0.325 e. The lowest BCUT2D eigenvalue weighted by atomic mass is 10.2. The Labute approximate surface area is 187 Å². The number of amides is 3. The molecule has 0 unspecified atom stereocenters. The van der Waals surface area contributed by atoms with Crippen molar-refractivity contribution in [2.75, 3.05) is 16.0 Å². The first-order valence-corrected chi connectivity index (χ1v) is 11.3. The van der Waals surface area contributed by atoms with Crippen LogP contribution in [0.5, 0.6) is 0 Å². The summed E-state index contributed by atoms with van der Waals surface area (Å²) in [4.78, 5) is 24.6. The lowest BCUT2D eigenvalue weighted by Crippen LogP contribution is -2.41. The number of hydrogen-bond donors (Lipinski definition) is 4. The average Bonchev–Trinajstić information content (AvgIpc) is 2.75. The minimum absolute atomic E-state index is 0.0898. The summed E-state index contributed by atoms with van der Waals surface area (Å²) < 4.78 is 27.3. The standard InChI is InChI=1S/C23H24N4O4S/c1-16-8-14-21(15-9-16)32(30,31)27-17(2)22(28)24-19-10-12-20(13-11-19)26-23(29)25-18-6-4-3-5-7-18/h3-15,17,27H,1-2H3,(H,24,28)(H2,25,26,29)/t17-/m0/s1. The third-order valence-electron chi connectivity index (χ3n) is 4.50. The number of urea groups is 1. The monoisotopic (exact) mass is 452 g/mol. The number of nitrogens with one attached hydrogen (secondary N) is 4.